The van der Waals surface area contributed by atoms with Gasteiger partial charge in [-0.1, -0.05) is 30.4 Å². The molecule has 3 N–H and O–H groups in total. The molecule has 0 spiro atoms. The average Bonchev–Trinajstić information content (AvgIpc) is 3.45. The Kier molecular flexibility index (Phi) is 7.88. The minimum atomic E-state index is -3.78. The molecule has 0 saturated carbocycles. The van der Waals surface area contributed by atoms with E-state index < -0.39 is 33.4 Å². The fraction of sp³-hybridized carbons (Fsp3) is 0.542. The molecule has 0 aliphatic carbocycles. The number of ether oxygens (including phenoxy) is 2. The van der Waals surface area contributed by atoms with Crippen LogP contribution in [0.15, 0.2) is 47.4 Å². The van der Waals surface area contributed by atoms with Gasteiger partial charge in [0.2, 0.25) is 11.8 Å². The molecule has 2 bridgehead atoms. The molecule has 1 aromatic rings. The molecule has 1 aromatic carbocycles. The average molecular weight is 507 g/mol. The maximum Gasteiger partial charge on any atom is 0.303 e. The summed E-state index contributed by atoms with van der Waals surface area (Å²) in [7, 11) is -3.78. The third-order valence-corrected chi connectivity index (χ3v) is 8.29. The highest BCUT2D eigenvalue weighted by molar-refractivity contribution is 7.92. The molecule has 4 rings (SSSR count). The van der Waals surface area contributed by atoms with Gasteiger partial charge in [-0.05, 0) is 37.3 Å². The molecule has 3 fully saturated rings. The fourth-order valence-corrected chi connectivity index (χ4v) is 6.09. The number of epoxide rings is 1. The van der Waals surface area contributed by atoms with Crippen molar-refractivity contribution in [3.05, 3.63) is 42.5 Å². The summed E-state index contributed by atoms with van der Waals surface area (Å²) in [6.07, 6.45) is 6.27. The van der Waals surface area contributed by atoms with Crippen molar-refractivity contribution in [2.45, 2.75) is 55.0 Å². The summed E-state index contributed by atoms with van der Waals surface area (Å²) in [5.41, 5.74) is 0. The topological polar surface area (TPSA) is 151 Å². The molecule has 35 heavy (non-hydrogen) atoms. The van der Waals surface area contributed by atoms with Gasteiger partial charge < -0.3 is 25.2 Å². The molecule has 0 unspecified atom stereocenters. The van der Waals surface area contributed by atoms with E-state index in [4.69, 9.17) is 14.6 Å². The van der Waals surface area contributed by atoms with E-state index in [1.165, 1.54) is 12.1 Å². The number of sulfone groups is 1. The first-order chi connectivity index (χ1) is 16.8. The Labute approximate surface area is 204 Å². The summed E-state index contributed by atoms with van der Waals surface area (Å²) < 4.78 is 36.3. The number of carboxylic acid groups (broad SMARTS) is 1. The van der Waals surface area contributed by atoms with Gasteiger partial charge in [-0.25, -0.2) is 8.42 Å². The highest BCUT2D eigenvalue weighted by atomic mass is 32.2. The Bertz CT molecular complexity index is 1070. The summed E-state index contributed by atoms with van der Waals surface area (Å²) in [4.78, 5) is 35.1. The number of carbonyl (C=O) groups is 3. The predicted octanol–water partition coefficient (Wildman–Crippen LogP) is 0.675. The maximum atomic E-state index is 12.3. The Balaban J connectivity index is 1.21. The van der Waals surface area contributed by atoms with Crippen molar-refractivity contribution in [1.29, 1.82) is 0 Å². The minimum absolute atomic E-state index is 0.0153. The van der Waals surface area contributed by atoms with E-state index in [-0.39, 0.29) is 54.1 Å². The van der Waals surface area contributed by atoms with Crippen LogP contribution >= 0.6 is 0 Å². The standard InChI is InChI=1S/C24H30N2O8S/c27-18(13-26-19(28)14-35(31,32)15-8-4-3-5-9-15)25-12-17-16(10-6-1-2-7-11-20(29)30)21-23-24(34-23)22(17)33-21/h1,3-6,8-9,16-17,21-24H,2,7,10-14H2,(H,25,27)(H,26,28)(H,29,30)/b6-1-/t16-,17+,21+,22-,23-,24+/m0/s1. The SMILES string of the molecule is O=C(O)CCC/C=C\C[C@H]1[C@@H](CNC(=O)CNC(=O)CS(=O)(=O)c2ccccc2)[C@@H]2O[C@H]1[C@@H]1O[C@@H]12. The first-order valence-corrected chi connectivity index (χ1v) is 13.4. The van der Waals surface area contributed by atoms with Gasteiger partial charge in [0.25, 0.3) is 0 Å². The summed E-state index contributed by atoms with van der Waals surface area (Å²) >= 11 is 0. The molecule has 11 heteroatoms. The second-order valence-electron chi connectivity index (χ2n) is 9.10. The summed E-state index contributed by atoms with van der Waals surface area (Å²) in [5, 5.41) is 13.9. The van der Waals surface area contributed by atoms with Gasteiger partial charge in [0.1, 0.15) is 18.0 Å². The monoisotopic (exact) mass is 506 g/mol. The van der Waals surface area contributed by atoms with E-state index in [0.29, 0.717) is 19.4 Å². The number of hydrogen-bond acceptors (Lipinski definition) is 7. The number of allylic oxidation sites excluding steroid dienone is 2. The Morgan fingerprint density at radius 2 is 1.60 bits per heavy atom. The zero-order valence-corrected chi connectivity index (χ0v) is 20.0. The molecular weight excluding hydrogens is 476 g/mol. The largest absolute Gasteiger partial charge is 0.481 e. The Morgan fingerprint density at radius 3 is 2.31 bits per heavy atom. The van der Waals surface area contributed by atoms with Crippen molar-refractivity contribution >= 4 is 27.6 Å². The van der Waals surface area contributed by atoms with Crippen molar-refractivity contribution in [3.8, 4) is 0 Å². The molecule has 6 atom stereocenters. The molecule has 3 saturated heterocycles. The first-order valence-electron chi connectivity index (χ1n) is 11.7. The van der Waals surface area contributed by atoms with Crippen LogP contribution in [0.25, 0.3) is 0 Å². The Hall–Kier alpha value is -2.76. The van der Waals surface area contributed by atoms with Gasteiger partial charge in [-0.15, -0.1) is 0 Å². The number of unbranched alkanes of at least 4 members (excludes halogenated alkanes) is 1. The lowest BCUT2D eigenvalue weighted by atomic mass is 9.77. The molecule has 0 radical (unpaired) electrons. The molecule has 2 amide bonds. The van der Waals surface area contributed by atoms with Crippen LogP contribution in [0, 0.1) is 11.8 Å². The van der Waals surface area contributed by atoms with Crippen LogP contribution in [0.2, 0.25) is 0 Å². The van der Waals surface area contributed by atoms with Crippen LogP contribution < -0.4 is 10.6 Å². The number of fused-ring (bicyclic) bond motifs is 5. The number of aliphatic carboxylic acids is 1. The molecule has 3 aliphatic rings. The maximum absolute atomic E-state index is 12.3. The number of carbonyl (C=O) groups excluding carboxylic acids is 2. The number of hydrogen-bond donors (Lipinski definition) is 3. The number of carboxylic acids is 1. The van der Waals surface area contributed by atoms with E-state index >= 15 is 0 Å². The predicted molar refractivity (Wildman–Crippen MR) is 124 cm³/mol. The van der Waals surface area contributed by atoms with Crippen LogP contribution in [0.3, 0.4) is 0 Å². The highest BCUT2D eigenvalue weighted by Gasteiger charge is 2.68. The van der Waals surface area contributed by atoms with Crippen LogP contribution in [0.1, 0.15) is 25.7 Å². The smallest absolute Gasteiger partial charge is 0.303 e. The lowest BCUT2D eigenvalue weighted by Gasteiger charge is -2.25. The van der Waals surface area contributed by atoms with Gasteiger partial charge in [0.05, 0.1) is 23.6 Å². The summed E-state index contributed by atoms with van der Waals surface area (Å²) in [5.74, 6) is -2.45. The van der Waals surface area contributed by atoms with Crippen molar-refractivity contribution in [2.24, 2.45) is 11.8 Å². The van der Waals surface area contributed by atoms with Crippen LogP contribution in [-0.2, 0) is 33.7 Å². The minimum Gasteiger partial charge on any atom is -0.481 e. The van der Waals surface area contributed by atoms with E-state index in [1.54, 1.807) is 18.2 Å². The van der Waals surface area contributed by atoms with E-state index in [1.807, 2.05) is 12.2 Å². The number of benzene rings is 1. The van der Waals surface area contributed by atoms with Gasteiger partial charge >= 0.3 is 5.97 Å². The quantitative estimate of drug-likeness (QED) is 0.201. The van der Waals surface area contributed by atoms with Gasteiger partial charge in [-0.2, -0.15) is 0 Å². The lowest BCUT2D eigenvalue weighted by Crippen LogP contribution is -2.44. The van der Waals surface area contributed by atoms with Crippen LogP contribution in [-0.4, -0.2) is 74.6 Å². The van der Waals surface area contributed by atoms with Gasteiger partial charge in [-0.3, -0.25) is 14.4 Å². The number of rotatable bonds is 13. The summed E-state index contributed by atoms with van der Waals surface area (Å²) in [6.45, 7) is 0.0454. The highest BCUT2D eigenvalue weighted by Crippen LogP contribution is 2.54. The molecule has 190 valence electrons. The van der Waals surface area contributed by atoms with E-state index in [0.717, 1.165) is 6.42 Å². The van der Waals surface area contributed by atoms with E-state index in [2.05, 4.69) is 10.6 Å². The van der Waals surface area contributed by atoms with Crippen LogP contribution in [0.4, 0.5) is 0 Å². The number of amides is 2. The zero-order chi connectivity index (χ0) is 25.0. The Morgan fingerprint density at radius 1 is 0.914 bits per heavy atom. The van der Waals surface area contributed by atoms with Gasteiger partial charge in [0.15, 0.2) is 9.84 Å². The van der Waals surface area contributed by atoms with Crippen molar-refractivity contribution < 1.29 is 37.4 Å². The van der Waals surface area contributed by atoms with Crippen molar-refractivity contribution in [1.82, 2.24) is 10.6 Å². The fourth-order valence-electron chi connectivity index (χ4n) is 4.90. The molecule has 0 aromatic heterocycles. The summed E-state index contributed by atoms with van der Waals surface area (Å²) in [6, 6.07) is 7.68. The second-order valence-corrected chi connectivity index (χ2v) is 11.1. The normalized spacial score (nSPS) is 28.6. The first kappa shape index (κ1) is 25.3. The van der Waals surface area contributed by atoms with E-state index in [9.17, 15) is 22.8 Å². The third-order valence-electron chi connectivity index (χ3n) is 6.66. The van der Waals surface area contributed by atoms with Crippen LogP contribution in [0.5, 0.6) is 0 Å². The molecule has 3 heterocycles. The molecule has 10 nitrogen and oxygen atoms in total. The molecule has 3 aliphatic heterocycles. The second kappa shape index (κ2) is 10.9. The number of nitrogens with one attached hydrogen (secondary N) is 2. The van der Waals surface area contributed by atoms with Crippen molar-refractivity contribution in [2.75, 3.05) is 18.8 Å². The zero-order valence-electron chi connectivity index (χ0n) is 19.2. The van der Waals surface area contributed by atoms with Crippen molar-refractivity contribution in [3.63, 3.8) is 0 Å². The van der Waals surface area contributed by atoms with Gasteiger partial charge in [0, 0.05) is 18.9 Å². The molecular formula is C24H30N2O8S. The third kappa shape index (κ3) is 6.28. The lowest BCUT2D eigenvalue weighted by molar-refractivity contribution is -0.137.